The molecule has 0 spiro atoms. The third-order valence-electron chi connectivity index (χ3n) is 2.14. The Bertz CT molecular complexity index is 238. The minimum absolute atomic E-state index is 1.23. The Morgan fingerprint density at radius 1 is 1.15 bits per heavy atom. The van der Waals surface area contributed by atoms with Gasteiger partial charge in [0.2, 0.25) is 0 Å². The molecular weight excluding hydrogens is 219 g/mol. The Hall–Kier alpha value is -0.307. The van der Waals surface area contributed by atoms with E-state index in [0.717, 1.165) is 0 Å². The van der Waals surface area contributed by atoms with Crippen molar-refractivity contribution in [3.63, 3.8) is 0 Å². The summed E-state index contributed by atoms with van der Waals surface area (Å²) in [5.74, 6) is 7.44. The number of nitrogens with zero attached hydrogens (tertiary/aromatic N) is 1. The second kappa shape index (κ2) is 4.80. The molecule has 0 aliphatic rings. The maximum atomic E-state index is 4.01. The molecule has 1 nitrogen and oxygen atoms in total. The van der Waals surface area contributed by atoms with Gasteiger partial charge in [0.05, 0.1) is 0 Å². The average Bonchev–Trinajstić information content (AvgIpc) is 2.04. The van der Waals surface area contributed by atoms with E-state index >= 15 is 0 Å². The van der Waals surface area contributed by atoms with Gasteiger partial charge in [-0.15, -0.1) is 0 Å². The fourth-order valence-electron chi connectivity index (χ4n) is 1.37. The van der Waals surface area contributed by atoms with Crippen molar-refractivity contribution in [2.45, 2.75) is 35.4 Å². The van der Waals surface area contributed by atoms with Crippen LogP contribution in [0.2, 0.25) is 22.5 Å². The predicted octanol–water partition coefficient (Wildman–Crippen LogP) is 3.35. The molecule has 1 heterocycles. The first-order valence-corrected chi connectivity index (χ1v) is 12.7. The van der Waals surface area contributed by atoms with E-state index in [2.05, 4.69) is 34.4 Å². The van der Waals surface area contributed by atoms with Crippen LogP contribution in [0.5, 0.6) is 0 Å². The molecule has 72 valence electrons. The Labute approximate surface area is 83.9 Å². The average molecular weight is 238 g/mol. The SMILES string of the molecule is [CH3][Ge]([CH3])([CH3])[CH2]CCc1ccncc1. The Morgan fingerprint density at radius 3 is 2.31 bits per heavy atom. The fraction of sp³-hybridized carbons (Fsp3) is 0.545. The van der Waals surface area contributed by atoms with Crippen LogP contribution < -0.4 is 0 Å². The first-order chi connectivity index (χ1) is 6.08. The molecule has 0 atom stereocenters. The number of aryl methyl sites for hydroxylation is 1. The molecule has 0 aliphatic carbocycles. The zero-order valence-corrected chi connectivity index (χ0v) is 11.0. The summed E-state index contributed by atoms with van der Waals surface area (Å²) in [7, 11) is 0. The van der Waals surface area contributed by atoms with Crippen LogP contribution in [0.1, 0.15) is 12.0 Å². The third-order valence-corrected chi connectivity index (χ3v) is 6.03. The zero-order valence-electron chi connectivity index (χ0n) is 8.88. The summed E-state index contributed by atoms with van der Waals surface area (Å²) in [5.41, 5.74) is 1.43. The zero-order chi connectivity index (χ0) is 9.73. The molecule has 0 radical (unpaired) electrons. The van der Waals surface area contributed by atoms with Gasteiger partial charge in [-0.05, 0) is 0 Å². The first kappa shape index (κ1) is 10.8. The summed E-state index contributed by atoms with van der Waals surface area (Å²) < 4.78 is 0. The van der Waals surface area contributed by atoms with Crippen molar-refractivity contribution in [1.82, 2.24) is 4.98 Å². The molecular formula is C11H19GeN. The molecule has 2 heteroatoms. The molecule has 0 bridgehead atoms. The number of pyridine rings is 1. The summed E-state index contributed by atoms with van der Waals surface area (Å²) in [6.45, 7) is 0. The number of hydrogen-bond donors (Lipinski definition) is 0. The van der Waals surface area contributed by atoms with E-state index in [0.29, 0.717) is 0 Å². The van der Waals surface area contributed by atoms with Gasteiger partial charge in [0.15, 0.2) is 0 Å². The summed E-state index contributed by atoms with van der Waals surface area (Å²) in [6.07, 6.45) is 6.35. The van der Waals surface area contributed by atoms with E-state index in [9.17, 15) is 0 Å². The monoisotopic (exact) mass is 239 g/mol. The quantitative estimate of drug-likeness (QED) is 0.732. The Balaban J connectivity index is 2.29. The van der Waals surface area contributed by atoms with Gasteiger partial charge >= 0.3 is 83.7 Å². The molecule has 0 N–H and O–H groups in total. The van der Waals surface area contributed by atoms with E-state index < -0.39 is 13.3 Å². The van der Waals surface area contributed by atoms with Crippen molar-refractivity contribution in [3.05, 3.63) is 30.1 Å². The third kappa shape index (κ3) is 5.09. The molecule has 1 aromatic rings. The van der Waals surface area contributed by atoms with Crippen LogP contribution >= 0.6 is 0 Å². The van der Waals surface area contributed by atoms with Gasteiger partial charge in [-0.25, -0.2) is 0 Å². The molecule has 0 aliphatic heterocycles. The molecule has 0 fully saturated rings. The van der Waals surface area contributed by atoms with E-state index in [4.69, 9.17) is 0 Å². The molecule has 0 aromatic carbocycles. The number of hydrogen-bond acceptors (Lipinski definition) is 1. The van der Waals surface area contributed by atoms with Crippen LogP contribution in [-0.2, 0) is 6.42 Å². The van der Waals surface area contributed by atoms with Crippen molar-refractivity contribution in [2.75, 3.05) is 0 Å². The summed E-state index contributed by atoms with van der Waals surface area (Å²) >= 11 is -1.28. The van der Waals surface area contributed by atoms with Gasteiger partial charge in [0.1, 0.15) is 0 Å². The Morgan fingerprint density at radius 2 is 1.77 bits per heavy atom. The standard InChI is InChI=1S/C11H19GeN/c1-12(2,3)8-4-5-11-6-9-13-10-7-11/h6-7,9-10H,4-5,8H2,1-3H3. The van der Waals surface area contributed by atoms with E-state index in [1.807, 2.05) is 12.4 Å². The van der Waals surface area contributed by atoms with E-state index in [-0.39, 0.29) is 0 Å². The number of rotatable bonds is 4. The van der Waals surface area contributed by atoms with Crippen LogP contribution in [0.3, 0.4) is 0 Å². The van der Waals surface area contributed by atoms with Crippen LogP contribution in [0.4, 0.5) is 0 Å². The predicted molar refractivity (Wildman–Crippen MR) is 60.7 cm³/mol. The molecule has 0 unspecified atom stereocenters. The minimum atomic E-state index is -1.28. The molecule has 0 saturated carbocycles. The van der Waals surface area contributed by atoms with Gasteiger partial charge in [-0.2, -0.15) is 0 Å². The van der Waals surface area contributed by atoms with Gasteiger partial charge < -0.3 is 0 Å². The molecule has 13 heavy (non-hydrogen) atoms. The van der Waals surface area contributed by atoms with Crippen LogP contribution in [0.25, 0.3) is 0 Å². The first-order valence-electron chi connectivity index (χ1n) is 4.97. The van der Waals surface area contributed by atoms with Crippen molar-refractivity contribution >= 4 is 13.3 Å². The van der Waals surface area contributed by atoms with Crippen LogP contribution in [-0.4, -0.2) is 18.3 Å². The van der Waals surface area contributed by atoms with E-state index in [1.54, 1.807) is 0 Å². The second-order valence-corrected chi connectivity index (χ2v) is 16.6. The van der Waals surface area contributed by atoms with Crippen molar-refractivity contribution < 1.29 is 0 Å². The van der Waals surface area contributed by atoms with Gasteiger partial charge in [0, 0.05) is 0 Å². The number of aromatic nitrogens is 1. The second-order valence-electron chi connectivity index (χ2n) is 4.77. The maximum absolute atomic E-state index is 4.01. The van der Waals surface area contributed by atoms with Crippen molar-refractivity contribution in [2.24, 2.45) is 0 Å². The summed E-state index contributed by atoms with van der Waals surface area (Å²) in [6, 6.07) is 4.24. The fourth-order valence-corrected chi connectivity index (χ4v) is 3.97. The normalized spacial score (nSPS) is 11.6. The van der Waals surface area contributed by atoms with Crippen molar-refractivity contribution in [3.8, 4) is 0 Å². The van der Waals surface area contributed by atoms with Gasteiger partial charge in [-0.1, -0.05) is 0 Å². The van der Waals surface area contributed by atoms with E-state index in [1.165, 1.54) is 23.7 Å². The molecule has 0 amide bonds. The van der Waals surface area contributed by atoms with Gasteiger partial charge in [-0.3, -0.25) is 0 Å². The summed E-state index contributed by atoms with van der Waals surface area (Å²) in [4.78, 5) is 4.01. The summed E-state index contributed by atoms with van der Waals surface area (Å²) in [5, 5.41) is 1.47. The van der Waals surface area contributed by atoms with Crippen molar-refractivity contribution in [1.29, 1.82) is 0 Å². The van der Waals surface area contributed by atoms with Crippen LogP contribution in [0, 0.1) is 0 Å². The molecule has 1 aromatic heterocycles. The molecule has 1 rings (SSSR count). The molecule has 0 saturated heterocycles. The van der Waals surface area contributed by atoms with Gasteiger partial charge in [0.25, 0.3) is 0 Å². The Kier molecular flexibility index (Phi) is 3.98. The van der Waals surface area contributed by atoms with Crippen LogP contribution in [0.15, 0.2) is 24.5 Å². The topological polar surface area (TPSA) is 12.9 Å².